The Bertz CT molecular complexity index is 287. The zero-order valence-corrected chi connectivity index (χ0v) is 9.92. The van der Waals surface area contributed by atoms with E-state index in [1.165, 1.54) is 18.4 Å². The second-order valence-corrected chi connectivity index (χ2v) is 4.54. The third kappa shape index (κ3) is 2.78. The maximum absolute atomic E-state index is 10.6. The van der Waals surface area contributed by atoms with Gasteiger partial charge in [-0.25, -0.2) is 4.52 Å². The van der Waals surface area contributed by atoms with Gasteiger partial charge < -0.3 is 4.89 Å². The molecule has 0 N–H and O–H groups in total. The lowest BCUT2D eigenvalue weighted by Gasteiger charge is -2.29. The Hall–Kier alpha value is -0.430. The van der Waals surface area contributed by atoms with E-state index >= 15 is 0 Å². The fraction of sp³-hybridized carbons (Fsp3) is 0.500. The number of rotatable bonds is 3. The average Bonchev–Trinajstić information content (AvgIpc) is 2.31. The van der Waals surface area contributed by atoms with Crippen LogP contribution in [0, 0.1) is 0 Å². The summed E-state index contributed by atoms with van der Waals surface area (Å²) in [5.74, 6) is 0.446. The van der Waals surface area contributed by atoms with Gasteiger partial charge in [0, 0.05) is 5.92 Å². The van der Waals surface area contributed by atoms with Crippen molar-refractivity contribution in [1.29, 1.82) is 0 Å². The molecule has 82 valence electrons. The van der Waals surface area contributed by atoms with Crippen LogP contribution in [0.1, 0.15) is 37.2 Å². The van der Waals surface area contributed by atoms with E-state index in [2.05, 4.69) is 24.3 Å². The first-order valence-electron chi connectivity index (χ1n) is 5.56. The van der Waals surface area contributed by atoms with Gasteiger partial charge in [-0.1, -0.05) is 43.2 Å². The van der Waals surface area contributed by atoms with Crippen LogP contribution in [0.2, 0.25) is 0 Å². The quantitative estimate of drug-likeness (QED) is 0.738. The van der Waals surface area contributed by atoms with Crippen molar-refractivity contribution in [1.82, 2.24) is 0 Å². The molecule has 0 bridgehead atoms. The highest BCUT2D eigenvalue weighted by Crippen LogP contribution is 2.36. The van der Waals surface area contributed by atoms with Crippen molar-refractivity contribution in [2.45, 2.75) is 37.7 Å². The summed E-state index contributed by atoms with van der Waals surface area (Å²) in [6.45, 7) is 0. The molecule has 0 heterocycles. The van der Waals surface area contributed by atoms with Crippen molar-refractivity contribution in [2.24, 2.45) is 0 Å². The fourth-order valence-corrected chi connectivity index (χ4v) is 2.88. The van der Waals surface area contributed by atoms with Crippen LogP contribution in [-0.2, 0) is 4.52 Å². The lowest BCUT2D eigenvalue weighted by Crippen LogP contribution is -2.24. The monoisotopic (exact) mass is 224 g/mol. The van der Waals surface area contributed by atoms with Crippen LogP contribution >= 0.6 is 9.03 Å². The molecule has 3 heteroatoms. The van der Waals surface area contributed by atoms with Gasteiger partial charge in [-0.2, -0.15) is 0 Å². The van der Waals surface area contributed by atoms with Gasteiger partial charge in [0.05, 0.1) is 9.03 Å². The van der Waals surface area contributed by atoms with Gasteiger partial charge in [-0.05, 0) is 18.4 Å². The number of hydrogen-bond donors (Lipinski definition) is 0. The minimum absolute atomic E-state index is 0.175. The Labute approximate surface area is 92.6 Å². The van der Waals surface area contributed by atoms with Crippen molar-refractivity contribution >= 4 is 9.03 Å². The van der Waals surface area contributed by atoms with Crippen molar-refractivity contribution in [2.75, 3.05) is 0 Å². The molecular weight excluding hydrogens is 207 g/mol. The first-order valence-corrected chi connectivity index (χ1v) is 6.50. The molecular formula is C12H17O2P. The topological polar surface area (TPSA) is 32.3 Å². The molecule has 1 aromatic rings. The Morgan fingerprint density at radius 2 is 1.87 bits per heavy atom. The first-order chi connectivity index (χ1) is 7.42. The highest BCUT2D eigenvalue weighted by atomic mass is 31.1. The van der Waals surface area contributed by atoms with Crippen molar-refractivity contribution in [3.63, 3.8) is 0 Å². The van der Waals surface area contributed by atoms with Crippen LogP contribution in [0.4, 0.5) is 0 Å². The molecule has 1 fully saturated rings. The van der Waals surface area contributed by atoms with Crippen molar-refractivity contribution < 1.29 is 9.42 Å². The second-order valence-electron chi connectivity index (χ2n) is 4.07. The smallest absolute Gasteiger partial charge is 0.107 e. The van der Waals surface area contributed by atoms with Crippen LogP contribution in [0.25, 0.3) is 0 Å². The summed E-state index contributed by atoms with van der Waals surface area (Å²) >= 11 is 0. The minimum Gasteiger partial charge on any atom is -0.659 e. The zero-order chi connectivity index (χ0) is 10.5. The van der Waals surface area contributed by atoms with Gasteiger partial charge in [-0.3, -0.25) is 0 Å². The van der Waals surface area contributed by atoms with Gasteiger partial charge in [0.1, 0.15) is 6.10 Å². The Kier molecular flexibility index (Phi) is 4.13. The van der Waals surface area contributed by atoms with Gasteiger partial charge in [0.15, 0.2) is 0 Å². The largest absolute Gasteiger partial charge is 0.659 e. The molecule has 0 aromatic heterocycles. The first kappa shape index (κ1) is 11.1. The SMILES string of the molecule is [O-][PH2+]O[C@@H]1CCCC[C@H]1c1ccccc1. The van der Waals surface area contributed by atoms with Gasteiger partial charge in [-0.15, -0.1) is 0 Å². The number of hydrogen-bond acceptors (Lipinski definition) is 2. The van der Waals surface area contributed by atoms with Crippen LogP contribution < -0.4 is 4.89 Å². The lowest BCUT2D eigenvalue weighted by atomic mass is 9.82. The zero-order valence-electron chi connectivity index (χ0n) is 8.76. The molecule has 0 radical (unpaired) electrons. The van der Waals surface area contributed by atoms with E-state index in [1.54, 1.807) is 0 Å². The highest BCUT2D eigenvalue weighted by molar-refractivity contribution is 7.23. The third-order valence-electron chi connectivity index (χ3n) is 3.16. The Balaban J connectivity index is 2.11. The van der Waals surface area contributed by atoms with Crippen LogP contribution in [0.15, 0.2) is 30.3 Å². The molecule has 0 amide bonds. The summed E-state index contributed by atoms with van der Waals surface area (Å²) in [5, 5.41) is 0. The highest BCUT2D eigenvalue weighted by Gasteiger charge is 2.28. The predicted octanol–water partition coefficient (Wildman–Crippen LogP) is 2.33. The minimum atomic E-state index is -1.07. The van der Waals surface area contributed by atoms with E-state index in [1.807, 2.05) is 6.07 Å². The molecule has 0 saturated heterocycles. The maximum Gasteiger partial charge on any atom is 0.107 e. The van der Waals surface area contributed by atoms with Gasteiger partial charge >= 0.3 is 0 Å². The normalized spacial score (nSPS) is 27.3. The molecule has 0 spiro atoms. The molecule has 1 unspecified atom stereocenters. The number of benzene rings is 1. The maximum atomic E-state index is 10.6. The van der Waals surface area contributed by atoms with Crippen LogP contribution in [0.5, 0.6) is 0 Å². The van der Waals surface area contributed by atoms with E-state index in [9.17, 15) is 4.89 Å². The van der Waals surface area contributed by atoms with Gasteiger partial charge in [0.25, 0.3) is 0 Å². The van der Waals surface area contributed by atoms with E-state index in [4.69, 9.17) is 4.52 Å². The molecule has 3 atom stereocenters. The van der Waals surface area contributed by atoms with Gasteiger partial charge in [0.2, 0.25) is 0 Å². The van der Waals surface area contributed by atoms with Crippen LogP contribution in [0.3, 0.4) is 0 Å². The Morgan fingerprint density at radius 1 is 1.13 bits per heavy atom. The Morgan fingerprint density at radius 3 is 2.60 bits per heavy atom. The third-order valence-corrected chi connectivity index (χ3v) is 3.62. The summed E-state index contributed by atoms with van der Waals surface area (Å²) in [6, 6.07) is 10.4. The summed E-state index contributed by atoms with van der Waals surface area (Å²) < 4.78 is 5.38. The molecule has 1 aliphatic carbocycles. The molecule has 0 aliphatic heterocycles. The second kappa shape index (κ2) is 5.60. The average molecular weight is 224 g/mol. The molecule has 1 aliphatic rings. The molecule has 15 heavy (non-hydrogen) atoms. The predicted molar refractivity (Wildman–Crippen MR) is 62.2 cm³/mol. The van der Waals surface area contributed by atoms with E-state index in [-0.39, 0.29) is 6.10 Å². The van der Waals surface area contributed by atoms with E-state index in [0.717, 1.165) is 12.8 Å². The lowest BCUT2D eigenvalue weighted by molar-refractivity contribution is -0.174. The van der Waals surface area contributed by atoms with Crippen LogP contribution in [-0.4, -0.2) is 6.10 Å². The molecule has 2 rings (SSSR count). The molecule has 1 saturated carbocycles. The molecule has 1 aromatic carbocycles. The fourth-order valence-electron chi connectivity index (χ4n) is 2.41. The van der Waals surface area contributed by atoms with Crippen molar-refractivity contribution in [3.8, 4) is 0 Å². The summed E-state index contributed by atoms with van der Waals surface area (Å²) in [7, 11) is -1.07. The summed E-state index contributed by atoms with van der Waals surface area (Å²) in [4.78, 5) is 10.6. The van der Waals surface area contributed by atoms with E-state index < -0.39 is 9.03 Å². The van der Waals surface area contributed by atoms with E-state index in [0.29, 0.717) is 5.92 Å². The summed E-state index contributed by atoms with van der Waals surface area (Å²) in [5.41, 5.74) is 1.33. The standard InChI is InChI=1S/C12H17O2P/c13-15-14-12-9-5-4-8-11(12)10-6-2-1-3-7-10/h1-3,6-7,11-12H,4-5,8-9,15H2/t11-,12+/m0/s1. The summed E-state index contributed by atoms with van der Waals surface area (Å²) in [6.07, 6.45) is 4.85. The van der Waals surface area contributed by atoms with Crippen molar-refractivity contribution in [3.05, 3.63) is 35.9 Å². The molecule has 2 nitrogen and oxygen atoms in total.